The summed E-state index contributed by atoms with van der Waals surface area (Å²) in [5.74, 6) is -0.671. The van der Waals surface area contributed by atoms with E-state index in [1.165, 1.54) is 18.5 Å². The van der Waals surface area contributed by atoms with E-state index < -0.39 is 5.91 Å². The largest absolute Gasteiger partial charge is 0.505 e. The lowest BCUT2D eigenvalue weighted by Crippen LogP contribution is -2.14. The van der Waals surface area contributed by atoms with Crippen LogP contribution in [0.1, 0.15) is 16.1 Å². The molecule has 0 unspecified atom stereocenters. The van der Waals surface area contributed by atoms with Gasteiger partial charge in [-0.25, -0.2) is 9.97 Å². The second kappa shape index (κ2) is 5.01. The Balaban J connectivity index is 2.24. The molecule has 0 aliphatic heterocycles. The van der Waals surface area contributed by atoms with Crippen LogP contribution in [0.2, 0.25) is 5.15 Å². The van der Waals surface area contributed by atoms with Crippen LogP contribution in [0.15, 0.2) is 30.6 Å². The minimum absolute atomic E-state index is 0.0353. The number of carbonyl (C=O) groups is 1. The normalized spacial score (nSPS) is 10.1. The van der Waals surface area contributed by atoms with Crippen molar-refractivity contribution in [2.75, 3.05) is 5.32 Å². The number of carbonyl (C=O) groups excluding carboxylic acids is 1. The van der Waals surface area contributed by atoms with Crippen molar-refractivity contribution in [1.29, 1.82) is 0 Å². The molecule has 2 N–H and O–H groups in total. The Bertz CT molecular complexity index is 602. The summed E-state index contributed by atoms with van der Waals surface area (Å²) < 4.78 is 0. The number of pyridine rings is 2. The number of aromatic hydroxyl groups is 1. The second-order valence-corrected chi connectivity index (χ2v) is 4.03. The van der Waals surface area contributed by atoms with Crippen molar-refractivity contribution in [2.24, 2.45) is 0 Å². The maximum Gasteiger partial charge on any atom is 0.278 e. The fourth-order valence-electron chi connectivity index (χ4n) is 1.41. The Labute approximate surface area is 108 Å². The highest BCUT2D eigenvalue weighted by Crippen LogP contribution is 2.19. The van der Waals surface area contributed by atoms with Crippen LogP contribution in [-0.2, 0) is 0 Å². The van der Waals surface area contributed by atoms with Gasteiger partial charge in [0.1, 0.15) is 10.9 Å². The van der Waals surface area contributed by atoms with E-state index >= 15 is 0 Å². The Kier molecular flexibility index (Phi) is 3.43. The zero-order valence-electron chi connectivity index (χ0n) is 9.51. The summed E-state index contributed by atoms with van der Waals surface area (Å²) in [6.07, 6.45) is 2.89. The molecule has 0 saturated heterocycles. The predicted octanol–water partition coefficient (Wildman–Crippen LogP) is 2.40. The molecule has 0 saturated carbocycles. The summed E-state index contributed by atoms with van der Waals surface area (Å²) in [7, 11) is 0. The second-order valence-electron chi connectivity index (χ2n) is 3.65. The van der Waals surface area contributed by atoms with Crippen LogP contribution in [0.5, 0.6) is 5.75 Å². The van der Waals surface area contributed by atoms with E-state index in [1.807, 2.05) is 0 Å². The summed E-state index contributed by atoms with van der Waals surface area (Å²) >= 11 is 5.72. The highest BCUT2D eigenvalue weighted by atomic mass is 35.5. The molecule has 2 aromatic heterocycles. The van der Waals surface area contributed by atoms with Gasteiger partial charge in [0.05, 0.1) is 11.9 Å². The smallest absolute Gasteiger partial charge is 0.278 e. The zero-order valence-corrected chi connectivity index (χ0v) is 10.3. The van der Waals surface area contributed by atoms with E-state index in [0.29, 0.717) is 10.8 Å². The molecule has 6 heteroatoms. The molecule has 2 rings (SSSR count). The average Bonchev–Trinajstić information content (AvgIpc) is 2.33. The molecule has 0 aliphatic carbocycles. The number of nitrogens with one attached hydrogen (secondary N) is 1. The van der Waals surface area contributed by atoms with E-state index in [1.54, 1.807) is 19.1 Å². The van der Waals surface area contributed by atoms with Gasteiger partial charge >= 0.3 is 0 Å². The van der Waals surface area contributed by atoms with Gasteiger partial charge in [-0.05, 0) is 30.7 Å². The Hall–Kier alpha value is -2.14. The van der Waals surface area contributed by atoms with Crippen LogP contribution in [0.4, 0.5) is 5.69 Å². The predicted molar refractivity (Wildman–Crippen MR) is 67.8 cm³/mol. The van der Waals surface area contributed by atoms with Crippen LogP contribution in [0.3, 0.4) is 0 Å². The maximum atomic E-state index is 11.9. The van der Waals surface area contributed by atoms with Gasteiger partial charge in [0.15, 0.2) is 5.69 Å². The SMILES string of the molecule is Cc1cc(Cl)ncc1NC(=O)c1ncccc1O. The number of nitrogens with zero attached hydrogens (tertiary/aromatic N) is 2. The van der Waals surface area contributed by atoms with Gasteiger partial charge < -0.3 is 10.4 Å². The Morgan fingerprint density at radius 1 is 1.44 bits per heavy atom. The molecule has 2 heterocycles. The lowest BCUT2D eigenvalue weighted by atomic mass is 10.2. The number of rotatable bonds is 2. The van der Waals surface area contributed by atoms with Gasteiger partial charge in [-0.3, -0.25) is 4.79 Å². The molecule has 1 amide bonds. The summed E-state index contributed by atoms with van der Waals surface area (Å²) in [6, 6.07) is 4.57. The maximum absolute atomic E-state index is 11.9. The molecule has 0 aromatic carbocycles. The van der Waals surface area contributed by atoms with E-state index in [-0.39, 0.29) is 11.4 Å². The van der Waals surface area contributed by atoms with Gasteiger partial charge in [0.2, 0.25) is 0 Å². The lowest BCUT2D eigenvalue weighted by molar-refractivity contribution is 0.101. The molecule has 5 nitrogen and oxygen atoms in total. The van der Waals surface area contributed by atoms with Gasteiger partial charge in [-0.2, -0.15) is 0 Å². The molecular formula is C12H10ClN3O2. The lowest BCUT2D eigenvalue weighted by Gasteiger charge is -2.08. The van der Waals surface area contributed by atoms with Crippen LogP contribution >= 0.6 is 11.6 Å². The quantitative estimate of drug-likeness (QED) is 0.816. The zero-order chi connectivity index (χ0) is 13.1. The van der Waals surface area contributed by atoms with E-state index in [0.717, 1.165) is 5.56 Å². The Morgan fingerprint density at radius 2 is 2.22 bits per heavy atom. The summed E-state index contributed by atoms with van der Waals surface area (Å²) in [5, 5.41) is 12.5. The van der Waals surface area contributed by atoms with Crippen molar-refractivity contribution in [2.45, 2.75) is 6.92 Å². The Morgan fingerprint density at radius 3 is 2.89 bits per heavy atom. The third kappa shape index (κ3) is 2.57. The highest BCUT2D eigenvalue weighted by molar-refractivity contribution is 6.29. The number of anilines is 1. The van der Waals surface area contributed by atoms with Gasteiger partial charge in [-0.1, -0.05) is 11.6 Å². The van der Waals surface area contributed by atoms with Crippen LogP contribution in [0, 0.1) is 6.92 Å². The third-order valence-corrected chi connectivity index (χ3v) is 2.53. The number of halogens is 1. The first-order valence-corrected chi connectivity index (χ1v) is 5.53. The fourth-order valence-corrected chi connectivity index (χ4v) is 1.62. The van der Waals surface area contributed by atoms with Gasteiger partial charge in [-0.15, -0.1) is 0 Å². The van der Waals surface area contributed by atoms with Crippen LogP contribution < -0.4 is 5.32 Å². The van der Waals surface area contributed by atoms with Crippen molar-refractivity contribution < 1.29 is 9.90 Å². The number of aryl methyl sites for hydroxylation is 1. The van der Waals surface area contributed by atoms with E-state index in [9.17, 15) is 9.90 Å². The highest BCUT2D eigenvalue weighted by Gasteiger charge is 2.13. The van der Waals surface area contributed by atoms with Gasteiger partial charge in [0, 0.05) is 6.20 Å². The minimum atomic E-state index is -0.500. The average molecular weight is 264 g/mol. The summed E-state index contributed by atoms with van der Waals surface area (Å²) in [6.45, 7) is 1.79. The molecule has 0 spiro atoms. The molecule has 0 radical (unpaired) electrons. The van der Waals surface area contributed by atoms with Crippen molar-refractivity contribution in [3.8, 4) is 5.75 Å². The molecule has 0 fully saturated rings. The number of hydrogen-bond donors (Lipinski definition) is 2. The fraction of sp³-hybridized carbons (Fsp3) is 0.0833. The van der Waals surface area contributed by atoms with Crippen LogP contribution in [0.25, 0.3) is 0 Å². The number of amides is 1. The summed E-state index contributed by atoms with van der Waals surface area (Å²) in [4.78, 5) is 19.6. The standard InChI is InChI=1S/C12H10ClN3O2/c1-7-5-10(13)15-6-8(7)16-12(18)11-9(17)3-2-4-14-11/h2-6,17H,1H3,(H,16,18). The van der Waals surface area contributed by atoms with E-state index in [2.05, 4.69) is 15.3 Å². The molecule has 0 aliphatic rings. The van der Waals surface area contributed by atoms with Crippen molar-refractivity contribution in [1.82, 2.24) is 9.97 Å². The molecule has 0 atom stereocenters. The van der Waals surface area contributed by atoms with Crippen molar-refractivity contribution in [3.63, 3.8) is 0 Å². The first-order valence-electron chi connectivity index (χ1n) is 5.15. The summed E-state index contributed by atoms with van der Waals surface area (Å²) in [5.41, 5.74) is 1.26. The molecule has 0 bridgehead atoms. The minimum Gasteiger partial charge on any atom is -0.505 e. The van der Waals surface area contributed by atoms with E-state index in [4.69, 9.17) is 11.6 Å². The molecule has 2 aromatic rings. The monoisotopic (exact) mass is 263 g/mol. The first kappa shape index (κ1) is 12.3. The molecular weight excluding hydrogens is 254 g/mol. The topological polar surface area (TPSA) is 75.1 Å². The number of aromatic nitrogens is 2. The molecule has 18 heavy (non-hydrogen) atoms. The number of hydrogen-bond acceptors (Lipinski definition) is 4. The first-order chi connectivity index (χ1) is 8.58. The third-order valence-electron chi connectivity index (χ3n) is 2.33. The molecule has 92 valence electrons. The van der Waals surface area contributed by atoms with Crippen molar-refractivity contribution in [3.05, 3.63) is 47.0 Å². The van der Waals surface area contributed by atoms with Gasteiger partial charge in [0.25, 0.3) is 5.91 Å². The van der Waals surface area contributed by atoms with Crippen LogP contribution in [-0.4, -0.2) is 21.0 Å². The van der Waals surface area contributed by atoms with Crippen molar-refractivity contribution >= 4 is 23.2 Å².